The Labute approximate surface area is 308 Å². The zero-order chi connectivity index (χ0) is 37.1. The standard InChI is InChI=1S/C38H44Cl2F2N6O3/c1-37(2,3)21-31-38(22-43,26-11-10-24(39)20-28(26)41)32(25-7-6-8-27(40)33(25)42)34(46-31)36(50)45-29-12-9-23(19-30(29)51-5)35(49)44-13-14-48-17-15-47(4)16-18-48/h6-12,19-20,31-32,34,46H,13-18,21H2,1-5H3,(H,44,49)(H,45,50)/t31-,32-,34+,38-/m0/s1. The van der Waals surface area contributed by atoms with E-state index in [9.17, 15) is 14.9 Å². The summed E-state index contributed by atoms with van der Waals surface area (Å²) in [5, 5.41) is 20.1. The minimum absolute atomic E-state index is 0.0157. The summed E-state index contributed by atoms with van der Waals surface area (Å²) < 4.78 is 37.5. The first-order chi connectivity index (χ1) is 24.2. The van der Waals surface area contributed by atoms with Crippen LogP contribution in [0.15, 0.2) is 54.6 Å². The molecule has 9 nitrogen and oxygen atoms in total. The fourth-order valence-corrected chi connectivity index (χ4v) is 7.54. The minimum atomic E-state index is -1.77. The molecule has 272 valence electrons. The summed E-state index contributed by atoms with van der Waals surface area (Å²) in [6.45, 7) is 10.9. The monoisotopic (exact) mass is 740 g/mol. The molecular weight excluding hydrogens is 697 g/mol. The van der Waals surface area contributed by atoms with Crippen molar-refractivity contribution < 1.29 is 23.1 Å². The predicted octanol–water partition coefficient (Wildman–Crippen LogP) is 6.22. The number of amides is 2. The summed E-state index contributed by atoms with van der Waals surface area (Å²) in [5.74, 6) is -3.48. The van der Waals surface area contributed by atoms with Crippen LogP contribution < -0.4 is 20.7 Å². The molecule has 3 aromatic carbocycles. The highest BCUT2D eigenvalue weighted by molar-refractivity contribution is 6.31. The van der Waals surface area contributed by atoms with Gasteiger partial charge in [-0.1, -0.05) is 62.2 Å². The summed E-state index contributed by atoms with van der Waals surface area (Å²) in [6, 6.07) is 13.3. The molecule has 3 aromatic rings. The second kappa shape index (κ2) is 15.8. The molecule has 13 heteroatoms. The summed E-state index contributed by atoms with van der Waals surface area (Å²) in [6.07, 6.45) is 0.326. The number of carbonyl (C=O) groups excluding carboxylic acids is 2. The van der Waals surface area contributed by atoms with E-state index >= 15 is 8.78 Å². The Hall–Kier alpha value is -3.79. The number of nitrogens with zero attached hydrogens (tertiary/aromatic N) is 3. The first kappa shape index (κ1) is 38.4. The van der Waals surface area contributed by atoms with Crippen LogP contribution in [0.4, 0.5) is 14.5 Å². The number of hydrogen-bond acceptors (Lipinski definition) is 7. The maximum atomic E-state index is 16.0. The fourth-order valence-electron chi connectivity index (χ4n) is 7.20. The number of piperazine rings is 1. The number of methoxy groups -OCH3 is 1. The lowest BCUT2D eigenvalue weighted by atomic mass is 9.62. The lowest BCUT2D eigenvalue weighted by Gasteiger charge is -2.37. The highest BCUT2D eigenvalue weighted by atomic mass is 35.5. The molecule has 5 rings (SSSR count). The Kier molecular flexibility index (Phi) is 11.9. The third-order valence-electron chi connectivity index (χ3n) is 9.76. The van der Waals surface area contributed by atoms with Gasteiger partial charge in [0.15, 0.2) is 0 Å². The topological polar surface area (TPSA) is 110 Å². The molecule has 2 aliphatic rings. The number of halogens is 4. The van der Waals surface area contributed by atoms with Crippen molar-refractivity contribution in [2.24, 2.45) is 5.41 Å². The molecule has 0 unspecified atom stereocenters. The minimum Gasteiger partial charge on any atom is -0.495 e. The molecule has 4 atom stereocenters. The molecule has 0 aliphatic carbocycles. The van der Waals surface area contributed by atoms with Gasteiger partial charge in [-0.3, -0.25) is 14.5 Å². The van der Waals surface area contributed by atoms with E-state index in [0.29, 0.717) is 18.5 Å². The van der Waals surface area contributed by atoms with E-state index in [1.807, 2.05) is 20.8 Å². The third-order valence-corrected chi connectivity index (χ3v) is 10.3. The van der Waals surface area contributed by atoms with Crippen molar-refractivity contribution in [2.75, 3.05) is 58.7 Å². The summed E-state index contributed by atoms with van der Waals surface area (Å²) in [7, 11) is 3.51. The van der Waals surface area contributed by atoms with Crippen molar-refractivity contribution in [1.29, 1.82) is 5.26 Å². The number of likely N-dealkylation sites (N-methyl/N-ethyl adjacent to an activating group) is 1. The van der Waals surface area contributed by atoms with Gasteiger partial charge in [-0.15, -0.1) is 0 Å². The highest BCUT2D eigenvalue weighted by Crippen LogP contribution is 2.53. The van der Waals surface area contributed by atoms with Crippen LogP contribution in [-0.2, 0) is 10.2 Å². The molecule has 2 aliphatic heterocycles. The van der Waals surface area contributed by atoms with Gasteiger partial charge in [-0.2, -0.15) is 5.26 Å². The summed E-state index contributed by atoms with van der Waals surface area (Å²) in [4.78, 5) is 32.0. The third kappa shape index (κ3) is 8.32. The largest absolute Gasteiger partial charge is 0.495 e. The second-order valence-corrected chi connectivity index (χ2v) is 15.3. The average molecular weight is 742 g/mol. The SMILES string of the molecule is COc1cc(C(=O)NCCN2CCN(C)CC2)ccc1NC(=O)[C@@H]1N[C@@H](CC(C)(C)C)[C@](C#N)(c2ccc(Cl)cc2F)[C@H]1c1cccc(Cl)c1F. The van der Waals surface area contributed by atoms with E-state index in [4.69, 9.17) is 27.9 Å². The second-order valence-electron chi connectivity index (χ2n) is 14.5. The van der Waals surface area contributed by atoms with E-state index in [1.165, 1.54) is 43.5 Å². The fraction of sp³-hybridized carbons (Fsp3) is 0.447. The van der Waals surface area contributed by atoms with Crippen molar-refractivity contribution in [3.8, 4) is 11.8 Å². The van der Waals surface area contributed by atoms with Crippen LogP contribution in [-0.4, -0.2) is 87.1 Å². The molecule has 2 saturated heterocycles. The van der Waals surface area contributed by atoms with Crippen LogP contribution in [0.5, 0.6) is 5.75 Å². The Morgan fingerprint density at radius 2 is 1.80 bits per heavy atom. The van der Waals surface area contributed by atoms with Crippen molar-refractivity contribution in [2.45, 2.75) is 50.6 Å². The van der Waals surface area contributed by atoms with E-state index in [0.717, 1.165) is 38.8 Å². The zero-order valence-corrected chi connectivity index (χ0v) is 31.0. The Morgan fingerprint density at radius 1 is 1.08 bits per heavy atom. The number of anilines is 1. The number of ether oxygens (including phenoxy) is 1. The maximum absolute atomic E-state index is 16.0. The summed E-state index contributed by atoms with van der Waals surface area (Å²) in [5.41, 5.74) is -1.60. The van der Waals surface area contributed by atoms with Gasteiger partial charge in [0.1, 0.15) is 22.8 Å². The van der Waals surface area contributed by atoms with E-state index < -0.39 is 46.4 Å². The summed E-state index contributed by atoms with van der Waals surface area (Å²) >= 11 is 12.4. The predicted molar refractivity (Wildman–Crippen MR) is 196 cm³/mol. The average Bonchev–Trinajstić information content (AvgIpc) is 3.39. The van der Waals surface area contributed by atoms with Crippen molar-refractivity contribution in [1.82, 2.24) is 20.4 Å². The molecule has 2 amide bonds. The normalized spacial score (nSPS) is 22.7. The van der Waals surface area contributed by atoms with Gasteiger partial charge in [0.25, 0.3) is 5.91 Å². The molecule has 2 heterocycles. The molecule has 2 fully saturated rings. The molecular formula is C38H44Cl2F2N6O3. The van der Waals surface area contributed by atoms with Gasteiger partial charge in [0.2, 0.25) is 5.91 Å². The number of carbonyl (C=O) groups is 2. The molecule has 3 N–H and O–H groups in total. The van der Waals surface area contributed by atoms with Gasteiger partial charge >= 0.3 is 0 Å². The molecule has 0 radical (unpaired) electrons. The van der Waals surface area contributed by atoms with Gasteiger partial charge in [0, 0.05) is 67.4 Å². The zero-order valence-electron chi connectivity index (χ0n) is 29.5. The van der Waals surface area contributed by atoms with Crippen LogP contribution in [0.2, 0.25) is 10.0 Å². The van der Waals surface area contributed by atoms with Crippen LogP contribution in [0, 0.1) is 28.4 Å². The Balaban J connectivity index is 1.48. The van der Waals surface area contributed by atoms with Crippen LogP contribution >= 0.6 is 23.2 Å². The maximum Gasteiger partial charge on any atom is 0.251 e. The van der Waals surface area contributed by atoms with E-state index in [2.05, 4.69) is 38.9 Å². The number of benzene rings is 3. The van der Waals surface area contributed by atoms with Crippen LogP contribution in [0.25, 0.3) is 0 Å². The van der Waals surface area contributed by atoms with Crippen molar-refractivity contribution in [3.63, 3.8) is 0 Å². The van der Waals surface area contributed by atoms with E-state index in [-0.39, 0.29) is 38.5 Å². The number of nitrogens with one attached hydrogen (secondary N) is 3. The first-order valence-electron chi connectivity index (χ1n) is 16.9. The number of hydrogen-bond donors (Lipinski definition) is 3. The highest BCUT2D eigenvalue weighted by Gasteiger charge is 2.61. The van der Waals surface area contributed by atoms with E-state index in [1.54, 1.807) is 12.1 Å². The smallest absolute Gasteiger partial charge is 0.251 e. The van der Waals surface area contributed by atoms with Crippen LogP contribution in [0.1, 0.15) is 54.6 Å². The molecule has 0 bridgehead atoms. The van der Waals surface area contributed by atoms with Crippen molar-refractivity contribution >= 4 is 40.7 Å². The van der Waals surface area contributed by atoms with Gasteiger partial charge in [-0.25, -0.2) is 8.78 Å². The first-order valence-corrected chi connectivity index (χ1v) is 17.7. The van der Waals surface area contributed by atoms with Gasteiger partial charge < -0.3 is 25.6 Å². The number of nitriles is 1. The van der Waals surface area contributed by atoms with Gasteiger partial charge in [0.05, 0.1) is 29.9 Å². The Bertz CT molecular complexity index is 1810. The lowest BCUT2D eigenvalue weighted by molar-refractivity contribution is -0.118. The molecule has 0 aromatic heterocycles. The molecule has 51 heavy (non-hydrogen) atoms. The van der Waals surface area contributed by atoms with Crippen LogP contribution in [0.3, 0.4) is 0 Å². The molecule has 0 spiro atoms. The quantitative estimate of drug-likeness (QED) is 0.227. The van der Waals surface area contributed by atoms with Crippen molar-refractivity contribution in [3.05, 3.63) is 93.0 Å². The lowest BCUT2D eigenvalue weighted by Crippen LogP contribution is -2.46. The Morgan fingerprint density at radius 3 is 2.45 bits per heavy atom. The van der Waals surface area contributed by atoms with Gasteiger partial charge in [-0.05, 0) is 60.8 Å². The molecule has 0 saturated carbocycles. The number of rotatable bonds is 10.